The van der Waals surface area contributed by atoms with Gasteiger partial charge in [-0.2, -0.15) is 0 Å². The van der Waals surface area contributed by atoms with Gasteiger partial charge in [-0.15, -0.1) is 0 Å². The van der Waals surface area contributed by atoms with E-state index in [0.717, 1.165) is 39.3 Å². The Bertz CT molecular complexity index is 1240. The molecule has 0 aliphatic heterocycles. The second-order valence-corrected chi connectivity index (χ2v) is 7.86. The Morgan fingerprint density at radius 1 is 1.03 bits per heavy atom. The molecule has 158 valence electrons. The van der Waals surface area contributed by atoms with Gasteiger partial charge in [0, 0.05) is 29.1 Å². The van der Waals surface area contributed by atoms with Gasteiger partial charge >= 0.3 is 0 Å². The van der Waals surface area contributed by atoms with Crippen LogP contribution in [-0.2, 0) is 17.8 Å². The third kappa shape index (κ3) is 4.61. The minimum absolute atomic E-state index is 0.0925. The van der Waals surface area contributed by atoms with Crippen LogP contribution >= 0.6 is 0 Å². The highest BCUT2D eigenvalue weighted by atomic mass is 16.3. The van der Waals surface area contributed by atoms with E-state index in [1.54, 1.807) is 12.3 Å². The van der Waals surface area contributed by atoms with Gasteiger partial charge in [-0.05, 0) is 47.9 Å². The van der Waals surface area contributed by atoms with Crippen molar-refractivity contribution in [2.24, 2.45) is 0 Å². The van der Waals surface area contributed by atoms with Gasteiger partial charge in [0.15, 0.2) is 0 Å². The number of furan rings is 1. The number of benzene rings is 3. The predicted octanol–water partition coefficient (Wildman–Crippen LogP) is 4.97. The molecule has 0 radical (unpaired) electrons. The van der Waals surface area contributed by atoms with Crippen molar-refractivity contribution in [2.75, 3.05) is 0 Å². The first-order chi connectivity index (χ1) is 15.0. The standard InChI is InChI=1S/C26H26N2O3/c1-3-17(2)28-26(30)20-9-6-7-18(13-20)15-27-24(29)14-21-16-31-23-12-11-19-8-4-5-10-22(19)25(21)23/h4-13,16-17H,3,14-15H2,1-2H3,(H,27,29)(H,28,30). The smallest absolute Gasteiger partial charge is 0.251 e. The monoisotopic (exact) mass is 414 g/mol. The lowest BCUT2D eigenvalue weighted by Crippen LogP contribution is -2.32. The molecular formula is C26H26N2O3. The van der Waals surface area contributed by atoms with Crippen LogP contribution in [0.25, 0.3) is 21.7 Å². The van der Waals surface area contributed by atoms with Crippen molar-refractivity contribution < 1.29 is 14.0 Å². The largest absolute Gasteiger partial charge is 0.464 e. The average Bonchev–Trinajstić information content (AvgIpc) is 3.21. The normalized spacial score (nSPS) is 12.1. The minimum atomic E-state index is -0.0979. The fraction of sp³-hybridized carbons (Fsp3) is 0.231. The van der Waals surface area contributed by atoms with Crippen LogP contribution < -0.4 is 10.6 Å². The Kier molecular flexibility index (Phi) is 6.03. The molecule has 0 fully saturated rings. The molecule has 4 aromatic rings. The zero-order valence-corrected chi connectivity index (χ0v) is 17.8. The zero-order valence-electron chi connectivity index (χ0n) is 17.8. The molecule has 1 unspecified atom stereocenters. The van der Waals surface area contributed by atoms with Gasteiger partial charge in [-0.1, -0.05) is 49.4 Å². The van der Waals surface area contributed by atoms with E-state index in [1.165, 1.54) is 0 Å². The number of hydrogen-bond acceptors (Lipinski definition) is 3. The molecule has 0 spiro atoms. The molecule has 3 aromatic carbocycles. The Morgan fingerprint density at radius 3 is 2.71 bits per heavy atom. The maximum absolute atomic E-state index is 12.6. The summed E-state index contributed by atoms with van der Waals surface area (Å²) in [4.78, 5) is 25.0. The maximum Gasteiger partial charge on any atom is 0.251 e. The molecule has 2 amide bonds. The number of fused-ring (bicyclic) bond motifs is 3. The summed E-state index contributed by atoms with van der Waals surface area (Å²) in [6.45, 7) is 4.37. The SMILES string of the molecule is CCC(C)NC(=O)c1cccc(CNC(=O)Cc2coc3ccc4ccccc4c23)c1. The molecule has 4 rings (SSSR count). The van der Waals surface area contributed by atoms with E-state index >= 15 is 0 Å². The molecule has 5 heteroatoms. The molecule has 0 saturated heterocycles. The van der Waals surface area contributed by atoms with E-state index in [4.69, 9.17) is 4.42 Å². The third-order valence-corrected chi connectivity index (χ3v) is 5.56. The summed E-state index contributed by atoms with van der Waals surface area (Å²) >= 11 is 0. The van der Waals surface area contributed by atoms with Crippen LogP contribution in [-0.4, -0.2) is 17.9 Å². The number of carbonyl (C=O) groups excluding carboxylic acids is 2. The third-order valence-electron chi connectivity index (χ3n) is 5.56. The van der Waals surface area contributed by atoms with Crippen molar-refractivity contribution in [1.82, 2.24) is 10.6 Å². The highest BCUT2D eigenvalue weighted by molar-refractivity contribution is 6.08. The second-order valence-electron chi connectivity index (χ2n) is 7.86. The molecule has 2 N–H and O–H groups in total. The number of amides is 2. The number of hydrogen-bond donors (Lipinski definition) is 2. The summed E-state index contributed by atoms with van der Waals surface area (Å²) in [6.07, 6.45) is 2.77. The lowest BCUT2D eigenvalue weighted by atomic mass is 10.0. The molecule has 0 aliphatic carbocycles. The first kappa shape index (κ1) is 20.7. The summed E-state index contributed by atoms with van der Waals surface area (Å²) in [7, 11) is 0. The Hall–Kier alpha value is -3.60. The van der Waals surface area contributed by atoms with E-state index in [1.807, 2.05) is 62.4 Å². The topological polar surface area (TPSA) is 71.3 Å². The summed E-state index contributed by atoms with van der Waals surface area (Å²) in [5.74, 6) is -0.190. The van der Waals surface area contributed by atoms with Crippen molar-refractivity contribution in [3.8, 4) is 0 Å². The summed E-state index contributed by atoms with van der Waals surface area (Å²) in [5.41, 5.74) is 3.12. The van der Waals surface area contributed by atoms with Crippen molar-refractivity contribution in [3.05, 3.63) is 83.6 Å². The van der Waals surface area contributed by atoms with E-state index in [-0.39, 0.29) is 24.3 Å². The Balaban J connectivity index is 1.44. The van der Waals surface area contributed by atoms with Crippen molar-refractivity contribution in [1.29, 1.82) is 0 Å². The second kappa shape index (κ2) is 9.04. The van der Waals surface area contributed by atoms with Gasteiger partial charge in [-0.25, -0.2) is 0 Å². The van der Waals surface area contributed by atoms with Crippen LogP contribution in [0.1, 0.15) is 41.8 Å². The van der Waals surface area contributed by atoms with Gasteiger partial charge in [0.25, 0.3) is 5.91 Å². The lowest BCUT2D eigenvalue weighted by Gasteiger charge is -2.12. The first-order valence-corrected chi connectivity index (χ1v) is 10.6. The van der Waals surface area contributed by atoms with Crippen LogP contribution in [0, 0.1) is 0 Å². The number of carbonyl (C=O) groups is 2. The van der Waals surface area contributed by atoms with Crippen molar-refractivity contribution in [3.63, 3.8) is 0 Å². The molecular weight excluding hydrogens is 388 g/mol. The fourth-order valence-corrected chi connectivity index (χ4v) is 3.67. The molecule has 1 atom stereocenters. The molecule has 0 aliphatic rings. The quantitative estimate of drug-likeness (QED) is 0.448. The van der Waals surface area contributed by atoms with Crippen LogP contribution in [0.5, 0.6) is 0 Å². The van der Waals surface area contributed by atoms with Gasteiger partial charge < -0.3 is 15.1 Å². The molecule has 0 bridgehead atoms. The van der Waals surface area contributed by atoms with Gasteiger partial charge in [0.2, 0.25) is 5.91 Å². The van der Waals surface area contributed by atoms with Gasteiger partial charge in [0.05, 0.1) is 12.7 Å². The van der Waals surface area contributed by atoms with Crippen LogP contribution in [0.15, 0.2) is 71.3 Å². The van der Waals surface area contributed by atoms with Crippen LogP contribution in [0.2, 0.25) is 0 Å². The average molecular weight is 415 g/mol. The molecule has 31 heavy (non-hydrogen) atoms. The van der Waals surface area contributed by atoms with Crippen molar-refractivity contribution >= 4 is 33.6 Å². The van der Waals surface area contributed by atoms with Gasteiger partial charge in [-0.3, -0.25) is 9.59 Å². The lowest BCUT2D eigenvalue weighted by molar-refractivity contribution is -0.120. The predicted molar refractivity (Wildman–Crippen MR) is 123 cm³/mol. The summed E-state index contributed by atoms with van der Waals surface area (Å²) in [6, 6.07) is 19.5. The molecule has 5 nitrogen and oxygen atoms in total. The fourth-order valence-electron chi connectivity index (χ4n) is 3.67. The highest BCUT2D eigenvalue weighted by Gasteiger charge is 2.14. The van der Waals surface area contributed by atoms with Crippen molar-refractivity contribution in [2.45, 2.75) is 39.3 Å². The first-order valence-electron chi connectivity index (χ1n) is 10.6. The van der Waals surface area contributed by atoms with E-state index < -0.39 is 0 Å². The minimum Gasteiger partial charge on any atom is -0.464 e. The molecule has 1 heterocycles. The highest BCUT2D eigenvalue weighted by Crippen LogP contribution is 2.30. The van der Waals surface area contributed by atoms with Gasteiger partial charge in [0.1, 0.15) is 5.58 Å². The zero-order chi connectivity index (χ0) is 21.8. The molecule has 0 saturated carbocycles. The maximum atomic E-state index is 12.6. The van der Waals surface area contributed by atoms with E-state index in [0.29, 0.717) is 12.1 Å². The number of nitrogens with one attached hydrogen (secondary N) is 2. The Morgan fingerprint density at radius 2 is 1.87 bits per heavy atom. The van der Waals surface area contributed by atoms with Crippen LogP contribution in [0.3, 0.4) is 0 Å². The Labute approximate surface area is 181 Å². The summed E-state index contributed by atoms with van der Waals surface area (Å²) in [5, 5.41) is 9.10. The van der Waals surface area contributed by atoms with Crippen LogP contribution in [0.4, 0.5) is 0 Å². The van der Waals surface area contributed by atoms with E-state index in [2.05, 4.69) is 16.7 Å². The van der Waals surface area contributed by atoms with E-state index in [9.17, 15) is 9.59 Å². The number of rotatable bonds is 7. The molecule has 1 aromatic heterocycles. The summed E-state index contributed by atoms with van der Waals surface area (Å²) < 4.78 is 5.68.